The first-order valence-corrected chi connectivity index (χ1v) is 8.82. The number of benzene rings is 1. The molecule has 110 valence electrons. The summed E-state index contributed by atoms with van der Waals surface area (Å²) in [6.07, 6.45) is 7.28. The van der Waals surface area contributed by atoms with Crippen molar-refractivity contribution in [2.75, 3.05) is 11.5 Å². The average molecular weight is 293 g/mol. The predicted octanol–water partition coefficient (Wildman–Crippen LogP) is 3.18. The van der Waals surface area contributed by atoms with Crippen molar-refractivity contribution < 1.29 is 8.95 Å². The van der Waals surface area contributed by atoms with Gasteiger partial charge in [0.2, 0.25) is 0 Å². The van der Waals surface area contributed by atoms with E-state index in [1.165, 1.54) is 25.7 Å². The van der Waals surface area contributed by atoms with Crippen molar-refractivity contribution in [2.45, 2.75) is 62.0 Å². The van der Waals surface area contributed by atoms with Crippen molar-refractivity contribution >= 4 is 16.5 Å². The molecule has 1 aliphatic heterocycles. The molecule has 2 atom stereocenters. The maximum atomic E-state index is 12.6. The summed E-state index contributed by atoms with van der Waals surface area (Å²) in [5, 5.41) is 0. The average Bonchev–Trinajstić information content (AvgIpc) is 3.03. The van der Waals surface area contributed by atoms with E-state index in [0.717, 1.165) is 23.3 Å². The molecule has 1 saturated heterocycles. The second kappa shape index (κ2) is 5.49. The Morgan fingerprint density at radius 1 is 1.35 bits per heavy atom. The highest BCUT2D eigenvalue weighted by Crippen LogP contribution is 2.43. The minimum atomic E-state index is -1.02. The summed E-state index contributed by atoms with van der Waals surface area (Å²) in [5.41, 5.74) is 7.65. The molecule has 3 nitrogen and oxygen atoms in total. The number of nitrogens with two attached hydrogens (primary N) is 1. The maximum absolute atomic E-state index is 12.6. The Hall–Kier alpha value is -0.870. The number of hydrogen-bond donors (Lipinski definition) is 1. The molecule has 2 fully saturated rings. The predicted molar refractivity (Wildman–Crippen MR) is 82.2 cm³/mol. The first kappa shape index (κ1) is 14.1. The van der Waals surface area contributed by atoms with Gasteiger partial charge in [-0.3, -0.25) is 4.21 Å². The molecule has 2 aliphatic rings. The van der Waals surface area contributed by atoms with E-state index < -0.39 is 10.8 Å². The molecule has 1 spiro atoms. The number of aryl methyl sites for hydroxylation is 1. The number of ether oxygens (including phenoxy) is 1. The van der Waals surface area contributed by atoms with Crippen LogP contribution in [-0.4, -0.2) is 21.7 Å². The largest absolute Gasteiger partial charge is 0.399 e. The lowest BCUT2D eigenvalue weighted by Crippen LogP contribution is -2.27. The molecular formula is C16H23NO2S. The van der Waals surface area contributed by atoms with Gasteiger partial charge in [-0.15, -0.1) is 0 Å². The van der Waals surface area contributed by atoms with E-state index in [1.807, 2.05) is 25.1 Å². The van der Waals surface area contributed by atoms with Crippen LogP contribution in [0.25, 0.3) is 0 Å². The monoisotopic (exact) mass is 293 g/mol. The van der Waals surface area contributed by atoms with Crippen molar-refractivity contribution in [3.8, 4) is 0 Å². The summed E-state index contributed by atoms with van der Waals surface area (Å²) in [7, 11) is -1.02. The van der Waals surface area contributed by atoms with Crippen molar-refractivity contribution in [3.05, 3.63) is 23.8 Å². The second-order valence-electron chi connectivity index (χ2n) is 6.21. The van der Waals surface area contributed by atoms with Gasteiger partial charge in [0.1, 0.15) is 0 Å². The molecule has 1 heterocycles. The van der Waals surface area contributed by atoms with Gasteiger partial charge in [0.15, 0.2) is 0 Å². The van der Waals surface area contributed by atoms with Crippen LogP contribution in [0.1, 0.15) is 44.1 Å². The summed E-state index contributed by atoms with van der Waals surface area (Å²) in [6.45, 7) is 1.99. The zero-order valence-corrected chi connectivity index (χ0v) is 12.9. The lowest BCUT2D eigenvalue weighted by Gasteiger charge is -2.23. The van der Waals surface area contributed by atoms with Gasteiger partial charge < -0.3 is 10.5 Å². The Balaban J connectivity index is 1.66. The molecule has 1 aromatic carbocycles. The lowest BCUT2D eigenvalue weighted by molar-refractivity contribution is -0.0270. The fourth-order valence-electron chi connectivity index (χ4n) is 3.52. The minimum Gasteiger partial charge on any atom is -0.399 e. The summed E-state index contributed by atoms with van der Waals surface area (Å²) < 4.78 is 18.8. The van der Waals surface area contributed by atoms with Crippen molar-refractivity contribution in [1.29, 1.82) is 0 Å². The van der Waals surface area contributed by atoms with Gasteiger partial charge in [0.25, 0.3) is 0 Å². The highest BCUT2D eigenvalue weighted by molar-refractivity contribution is 7.85. The van der Waals surface area contributed by atoms with Crippen molar-refractivity contribution in [2.24, 2.45) is 0 Å². The molecule has 1 saturated carbocycles. The lowest BCUT2D eigenvalue weighted by atomic mass is 9.98. The molecule has 2 unspecified atom stereocenters. The molecule has 4 heteroatoms. The van der Waals surface area contributed by atoms with Crippen LogP contribution in [-0.2, 0) is 15.5 Å². The number of hydrogen-bond acceptors (Lipinski definition) is 3. The van der Waals surface area contributed by atoms with Crippen LogP contribution in [0.2, 0.25) is 0 Å². The van der Waals surface area contributed by atoms with E-state index in [4.69, 9.17) is 10.5 Å². The Morgan fingerprint density at radius 2 is 2.10 bits per heavy atom. The summed E-state index contributed by atoms with van der Waals surface area (Å²) in [6, 6.07) is 5.64. The van der Waals surface area contributed by atoms with Gasteiger partial charge in [-0.25, -0.2) is 0 Å². The third kappa shape index (κ3) is 2.77. The topological polar surface area (TPSA) is 52.3 Å². The minimum absolute atomic E-state index is 0.125. The molecule has 0 amide bonds. The van der Waals surface area contributed by atoms with Crippen molar-refractivity contribution in [1.82, 2.24) is 0 Å². The van der Waals surface area contributed by atoms with Gasteiger partial charge in [-0.1, -0.05) is 18.9 Å². The Morgan fingerprint density at radius 3 is 2.85 bits per heavy atom. The quantitative estimate of drug-likeness (QED) is 0.871. The van der Waals surface area contributed by atoms with Gasteiger partial charge in [-0.05, 0) is 50.3 Å². The van der Waals surface area contributed by atoms with Crippen LogP contribution in [0, 0.1) is 6.92 Å². The van der Waals surface area contributed by atoms with E-state index in [1.54, 1.807) is 0 Å². The standard InChI is InChI=1S/C16H23NO2S/c1-12-4-5-13(17)10-15(12)20(18)11-14-6-9-16(19-14)7-2-3-8-16/h4-5,10,14H,2-3,6-9,11,17H2,1H3. The van der Waals surface area contributed by atoms with Crippen LogP contribution >= 0.6 is 0 Å². The molecule has 0 radical (unpaired) electrons. The maximum Gasteiger partial charge on any atom is 0.0702 e. The normalized spacial score (nSPS) is 26.1. The fraction of sp³-hybridized carbons (Fsp3) is 0.625. The van der Waals surface area contributed by atoms with E-state index in [-0.39, 0.29) is 11.7 Å². The highest BCUT2D eigenvalue weighted by Gasteiger charge is 2.42. The van der Waals surface area contributed by atoms with Gasteiger partial charge >= 0.3 is 0 Å². The van der Waals surface area contributed by atoms with Gasteiger partial charge in [0, 0.05) is 10.6 Å². The highest BCUT2D eigenvalue weighted by atomic mass is 32.2. The molecule has 1 aliphatic carbocycles. The van der Waals surface area contributed by atoms with E-state index in [0.29, 0.717) is 11.4 Å². The molecule has 0 bridgehead atoms. The number of rotatable bonds is 3. The second-order valence-corrected chi connectivity index (χ2v) is 7.67. The zero-order valence-electron chi connectivity index (χ0n) is 12.1. The van der Waals surface area contributed by atoms with E-state index >= 15 is 0 Å². The van der Waals surface area contributed by atoms with Gasteiger partial charge in [0.05, 0.1) is 28.3 Å². The van der Waals surface area contributed by atoms with Crippen LogP contribution in [0.4, 0.5) is 5.69 Å². The molecular weight excluding hydrogens is 270 g/mol. The smallest absolute Gasteiger partial charge is 0.0702 e. The first-order valence-electron chi connectivity index (χ1n) is 7.50. The zero-order chi connectivity index (χ0) is 14.2. The molecule has 2 N–H and O–H groups in total. The number of nitrogen functional groups attached to an aromatic ring is 1. The molecule has 3 rings (SSSR count). The number of anilines is 1. The summed E-state index contributed by atoms with van der Waals surface area (Å²) in [4.78, 5) is 0.862. The van der Waals surface area contributed by atoms with E-state index in [9.17, 15) is 4.21 Å². The first-order chi connectivity index (χ1) is 9.58. The van der Waals surface area contributed by atoms with Crippen LogP contribution in [0.3, 0.4) is 0 Å². The summed E-state index contributed by atoms with van der Waals surface area (Å²) in [5.74, 6) is 0.603. The Bertz CT molecular complexity index is 523. The van der Waals surface area contributed by atoms with Crippen LogP contribution in [0.5, 0.6) is 0 Å². The SMILES string of the molecule is Cc1ccc(N)cc1S(=O)CC1CCC2(CCCC2)O1. The third-order valence-corrected chi connectivity index (χ3v) is 6.25. The Kier molecular flexibility index (Phi) is 3.87. The van der Waals surface area contributed by atoms with Gasteiger partial charge in [-0.2, -0.15) is 0 Å². The molecule has 1 aromatic rings. The van der Waals surface area contributed by atoms with E-state index in [2.05, 4.69) is 0 Å². The Labute approximate surface area is 123 Å². The summed E-state index contributed by atoms with van der Waals surface area (Å²) >= 11 is 0. The fourth-order valence-corrected chi connectivity index (χ4v) is 4.97. The van der Waals surface area contributed by atoms with Crippen molar-refractivity contribution in [3.63, 3.8) is 0 Å². The molecule has 0 aromatic heterocycles. The molecule has 20 heavy (non-hydrogen) atoms. The van der Waals surface area contributed by atoms with Crippen LogP contribution < -0.4 is 5.73 Å². The third-order valence-electron chi connectivity index (χ3n) is 4.65. The van der Waals surface area contributed by atoms with Crippen LogP contribution in [0.15, 0.2) is 23.1 Å².